The second-order valence-electron chi connectivity index (χ2n) is 6.94. The third kappa shape index (κ3) is 2.99. The van der Waals surface area contributed by atoms with E-state index in [1.54, 1.807) is 4.68 Å². The Balaban J connectivity index is 1.45. The molecule has 1 unspecified atom stereocenters. The zero-order valence-corrected chi connectivity index (χ0v) is 15.3. The molecule has 1 N–H and O–H groups in total. The van der Waals surface area contributed by atoms with Crippen molar-refractivity contribution >= 4 is 17.5 Å². The molecule has 138 valence electrons. The van der Waals surface area contributed by atoms with E-state index in [2.05, 4.69) is 25.5 Å². The number of carbonyl (C=O) groups is 1. The maximum atomic E-state index is 12.8. The number of aromatic nitrogens is 6. The number of rotatable bonds is 4. The van der Waals surface area contributed by atoms with E-state index < -0.39 is 0 Å². The number of carbonyl (C=O) groups excluding carboxylic acids is 1. The maximum absolute atomic E-state index is 12.8. The number of benzene rings is 1. The second kappa shape index (κ2) is 6.45. The minimum absolute atomic E-state index is 0.161. The smallest absolute Gasteiger partial charge is 0.291 e. The highest BCUT2D eigenvalue weighted by atomic mass is 35.5. The summed E-state index contributed by atoms with van der Waals surface area (Å²) in [5, 5.41) is 12.3. The Morgan fingerprint density at radius 2 is 2.04 bits per heavy atom. The Morgan fingerprint density at radius 3 is 2.85 bits per heavy atom. The minimum atomic E-state index is -0.302. The van der Waals surface area contributed by atoms with Crippen LogP contribution < -0.4 is 5.32 Å². The van der Waals surface area contributed by atoms with Gasteiger partial charge in [-0.2, -0.15) is 5.10 Å². The van der Waals surface area contributed by atoms with E-state index in [1.165, 1.54) is 6.33 Å². The van der Waals surface area contributed by atoms with Crippen molar-refractivity contribution in [3.05, 3.63) is 53.1 Å². The summed E-state index contributed by atoms with van der Waals surface area (Å²) < 4.78 is 3.54. The quantitative estimate of drug-likeness (QED) is 0.747. The summed E-state index contributed by atoms with van der Waals surface area (Å²) in [6, 6.07) is 7.28. The van der Waals surface area contributed by atoms with Crippen molar-refractivity contribution in [1.82, 2.24) is 34.8 Å². The molecule has 0 bridgehead atoms. The van der Waals surface area contributed by atoms with E-state index in [0.29, 0.717) is 10.9 Å². The zero-order valence-electron chi connectivity index (χ0n) is 14.5. The first kappa shape index (κ1) is 16.4. The van der Waals surface area contributed by atoms with Crippen molar-refractivity contribution in [1.29, 1.82) is 0 Å². The molecule has 0 saturated heterocycles. The van der Waals surface area contributed by atoms with Gasteiger partial charge in [0.2, 0.25) is 5.82 Å². The van der Waals surface area contributed by atoms with Crippen molar-refractivity contribution in [2.24, 2.45) is 0 Å². The summed E-state index contributed by atoms with van der Waals surface area (Å²) in [4.78, 5) is 21.6. The summed E-state index contributed by atoms with van der Waals surface area (Å²) in [5.74, 6) is 1.76. The molecule has 2 aliphatic rings. The van der Waals surface area contributed by atoms with E-state index in [1.807, 2.05) is 28.9 Å². The molecule has 8 nitrogen and oxygen atoms in total. The van der Waals surface area contributed by atoms with Crippen molar-refractivity contribution in [3.63, 3.8) is 0 Å². The summed E-state index contributed by atoms with van der Waals surface area (Å²) in [6.07, 6.45) is 5.39. The highest BCUT2D eigenvalue weighted by Gasteiger charge is 2.33. The molecule has 1 atom stereocenters. The number of nitrogens with one attached hydrogen (secondary N) is 1. The fourth-order valence-corrected chi connectivity index (χ4v) is 3.69. The number of aryl methyl sites for hydroxylation is 1. The Hall–Kier alpha value is -2.74. The largest absolute Gasteiger partial charge is 0.339 e. The predicted molar refractivity (Wildman–Crippen MR) is 97.8 cm³/mol. The van der Waals surface area contributed by atoms with Crippen LogP contribution in [0.1, 0.15) is 59.9 Å². The molecule has 2 aromatic heterocycles. The van der Waals surface area contributed by atoms with Gasteiger partial charge in [0.1, 0.15) is 18.0 Å². The van der Waals surface area contributed by atoms with Crippen molar-refractivity contribution in [3.8, 4) is 5.69 Å². The van der Waals surface area contributed by atoms with Gasteiger partial charge in [-0.15, -0.1) is 5.10 Å². The average Bonchev–Trinajstić information content (AvgIpc) is 3.23. The van der Waals surface area contributed by atoms with Crippen LogP contribution in [0.15, 0.2) is 30.6 Å². The first-order valence-electron chi connectivity index (χ1n) is 9.11. The van der Waals surface area contributed by atoms with Gasteiger partial charge in [-0.05, 0) is 37.8 Å². The lowest BCUT2D eigenvalue weighted by Gasteiger charge is -2.22. The van der Waals surface area contributed by atoms with Crippen LogP contribution in [0, 0.1) is 0 Å². The van der Waals surface area contributed by atoms with Gasteiger partial charge in [-0.25, -0.2) is 19.3 Å². The lowest BCUT2D eigenvalue weighted by molar-refractivity contribution is 0.0916. The van der Waals surface area contributed by atoms with Crippen LogP contribution in [0.4, 0.5) is 0 Å². The molecule has 27 heavy (non-hydrogen) atoms. The monoisotopic (exact) mass is 383 g/mol. The molecule has 3 heterocycles. The van der Waals surface area contributed by atoms with Crippen LogP contribution >= 0.6 is 11.6 Å². The molecule has 9 heteroatoms. The molecule has 1 fully saturated rings. The number of hydrogen-bond acceptors (Lipinski definition) is 5. The van der Waals surface area contributed by atoms with Gasteiger partial charge >= 0.3 is 0 Å². The highest BCUT2D eigenvalue weighted by Crippen LogP contribution is 2.40. The molecule has 1 saturated carbocycles. The van der Waals surface area contributed by atoms with Crippen LogP contribution in [-0.2, 0) is 6.54 Å². The standard InChI is InChI=1S/C18H18ClN7O/c19-12-4-1-2-6-14(12)26-16(11-7-8-11)23-15(24-26)18(27)22-13-5-3-9-25-17(13)20-10-21-25/h1-2,4,6,10-11,13H,3,5,7-9H2,(H,22,27). The first-order chi connectivity index (χ1) is 13.2. The van der Waals surface area contributed by atoms with Crippen LogP contribution in [0.2, 0.25) is 5.02 Å². The minimum Gasteiger partial charge on any atom is -0.339 e. The molecule has 0 spiro atoms. The van der Waals surface area contributed by atoms with Crippen LogP contribution in [0.3, 0.4) is 0 Å². The lowest BCUT2D eigenvalue weighted by Crippen LogP contribution is -2.34. The normalized spacial score (nSPS) is 18.9. The van der Waals surface area contributed by atoms with Gasteiger partial charge in [0, 0.05) is 12.5 Å². The van der Waals surface area contributed by atoms with Gasteiger partial charge in [-0.3, -0.25) is 4.79 Å². The first-order valence-corrected chi connectivity index (χ1v) is 9.49. The molecule has 0 radical (unpaired) electrons. The number of amides is 1. The molecule has 5 rings (SSSR count). The summed E-state index contributed by atoms with van der Waals surface area (Å²) in [6.45, 7) is 0.826. The number of hydrogen-bond donors (Lipinski definition) is 1. The van der Waals surface area contributed by atoms with E-state index in [4.69, 9.17) is 11.6 Å². The van der Waals surface area contributed by atoms with Crippen molar-refractivity contribution < 1.29 is 4.79 Å². The number of fused-ring (bicyclic) bond motifs is 1. The van der Waals surface area contributed by atoms with Gasteiger partial charge in [0.15, 0.2) is 0 Å². The van der Waals surface area contributed by atoms with Crippen molar-refractivity contribution in [2.45, 2.75) is 44.2 Å². The Labute approximate surface area is 160 Å². The molecular formula is C18H18ClN7O. The van der Waals surface area contributed by atoms with E-state index >= 15 is 0 Å². The maximum Gasteiger partial charge on any atom is 0.291 e. The number of nitrogens with zero attached hydrogens (tertiary/aromatic N) is 6. The van der Waals surface area contributed by atoms with Gasteiger partial charge in [-0.1, -0.05) is 23.7 Å². The molecule has 1 amide bonds. The molecule has 1 aromatic carbocycles. The molecule has 3 aromatic rings. The molecule has 1 aliphatic carbocycles. The van der Waals surface area contributed by atoms with Crippen LogP contribution in [-0.4, -0.2) is 35.4 Å². The average molecular weight is 384 g/mol. The number of para-hydroxylation sites is 1. The fraction of sp³-hybridized carbons (Fsp3) is 0.389. The van der Waals surface area contributed by atoms with Crippen LogP contribution in [0.5, 0.6) is 0 Å². The fourth-order valence-electron chi connectivity index (χ4n) is 3.48. The summed E-state index contributed by atoms with van der Waals surface area (Å²) in [7, 11) is 0. The van der Waals surface area contributed by atoms with Gasteiger partial charge < -0.3 is 5.32 Å². The number of halogens is 1. The molecular weight excluding hydrogens is 366 g/mol. The molecule has 1 aliphatic heterocycles. The topological polar surface area (TPSA) is 90.5 Å². The van der Waals surface area contributed by atoms with Gasteiger partial charge in [0.05, 0.1) is 16.8 Å². The van der Waals surface area contributed by atoms with Gasteiger partial charge in [0.25, 0.3) is 5.91 Å². The lowest BCUT2D eigenvalue weighted by atomic mass is 10.1. The summed E-state index contributed by atoms with van der Waals surface area (Å²) in [5.41, 5.74) is 0.741. The summed E-state index contributed by atoms with van der Waals surface area (Å²) >= 11 is 6.34. The van der Waals surface area contributed by atoms with E-state index in [-0.39, 0.29) is 17.8 Å². The van der Waals surface area contributed by atoms with E-state index in [0.717, 1.165) is 49.6 Å². The van der Waals surface area contributed by atoms with E-state index in [9.17, 15) is 4.79 Å². The third-order valence-electron chi connectivity index (χ3n) is 4.98. The zero-order chi connectivity index (χ0) is 18.4. The third-order valence-corrected chi connectivity index (χ3v) is 5.30. The van der Waals surface area contributed by atoms with Crippen LogP contribution in [0.25, 0.3) is 5.69 Å². The predicted octanol–water partition coefficient (Wildman–Crippen LogP) is 2.65. The highest BCUT2D eigenvalue weighted by molar-refractivity contribution is 6.32. The SMILES string of the molecule is O=C(NC1CCCn2ncnc21)c1nc(C2CC2)n(-c2ccccc2Cl)n1. The Bertz CT molecular complexity index is 1010. The Kier molecular flexibility index (Phi) is 3.93. The second-order valence-corrected chi connectivity index (χ2v) is 7.35. The Morgan fingerprint density at radius 1 is 1.19 bits per heavy atom. The van der Waals surface area contributed by atoms with Crippen molar-refractivity contribution in [2.75, 3.05) is 0 Å².